The summed E-state index contributed by atoms with van der Waals surface area (Å²) >= 11 is 0. The summed E-state index contributed by atoms with van der Waals surface area (Å²) in [6, 6.07) is 14.0. The van der Waals surface area contributed by atoms with Crippen LogP contribution in [0.5, 0.6) is 0 Å². The van der Waals surface area contributed by atoms with Crippen LogP contribution >= 0.6 is 0 Å². The summed E-state index contributed by atoms with van der Waals surface area (Å²) in [7, 11) is -1.27. The predicted molar refractivity (Wildman–Crippen MR) is 98.1 cm³/mol. The molecule has 0 aliphatic carbocycles. The van der Waals surface area contributed by atoms with E-state index in [2.05, 4.69) is 5.32 Å². The monoisotopic (exact) mass is 359 g/mol. The lowest BCUT2D eigenvalue weighted by atomic mass is 10.1. The van der Waals surface area contributed by atoms with E-state index >= 15 is 0 Å². The second-order valence-electron chi connectivity index (χ2n) is 5.27. The van der Waals surface area contributed by atoms with Crippen molar-refractivity contribution in [1.29, 1.82) is 0 Å². The summed E-state index contributed by atoms with van der Waals surface area (Å²) in [5.41, 5.74) is 1.94. The second kappa shape index (κ2) is 9.13. The largest absolute Gasteiger partial charge is 0.452 e. The average Bonchev–Trinajstić information content (AvgIpc) is 2.65. The average molecular weight is 359 g/mol. The Hall–Kier alpha value is -2.47. The molecule has 0 aromatic heterocycles. The van der Waals surface area contributed by atoms with Gasteiger partial charge in [0.15, 0.2) is 6.61 Å². The number of hydrogen-bond donors (Lipinski definition) is 1. The number of aryl methyl sites for hydroxylation is 1. The maximum atomic E-state index is 12.2. The first kappa shape index (κ1) is 18.9. The van der Waals surface area contributed by atoms with Crippen LogP contribution in [0.3, 0.4) is 0 Å². The molecule has 0 aliphatic rings. The molecule has 2 aromatic rings. The Kier molecular flexibility index (Phi) is 6.89. The topological polar surface area (TPSA) is 72.5 Å². The number of rotatable bonds is 7. The Labute approximate surface area is 149 Å². The first-order valence-corrected chi connectivity index (χ1v) is 9.41. The van der Waals surface area contributed by atoms with E-state index in [9.17, 15) is 13.8 Å². The zero-order chi connectivity index (χ0) is 18.2. The van der Waals surface area contributed by atoms with Crippen molar-refractivity contribution in [2.45, 2.75) is 25.2 Å². The van der Waals surface area contributed by atoms with Crippen molar-refractivity contribution in [3.8, 4) is 0 Å². The first-order chi connectivity index (χ1) is 12.1. The highest BCUT2D eigenvalue weighted by molar-refractivity contribution is 7.85. The minimum Gasteiger partial charge on any atom is -0.452 e. The van der Waals surface area contributed by atoms with Gasteiger partial charge in [0.05, 0.1) is 21.3 Å². The van der Waals surface area contributed by atoms with E-state index in [4.69, 9.17) is 4.74 Å². The number of ether oxygens (including phenoxy) is 1. The Balaban J connectivity index is 2.01. The zero-order valence-electron chi connectivity index (χ0n) is 14.3. The molecule has 0 saturated carbocycles. The normalized spacial score (nSPS) is 11.6. The van der Waals surface area contributed by atoms with Crippen LogP contribution in [0.4, 0.5) is 5.69 Å². The Morgan fingerprint density at radius 2 is 1.72 bits per heavy atom. The van der Waals surface area contributed by atoms with Gasteiger partial charge in [-0.05, 0) is 30.2 Å². The zero-order valence-corrected chi connectivity index (χ0v) is 15.1. The van der Waals surface area contributed by atoms with Crippen LogP contribution in [0.25, 0.3) is 0 Å². The SMILES string of the molecule is CCc1ccccc1NC(=O)COC(=O)c1ccccc1S(=O)CC. The molecule has 1 atom stereocenters. The number of esters is 1. The van der Waals surface area contributed by atoms with Crippen LogP contribution in [0.1, 0.15) is 29.8 Å². The number of carbonyl (C=O) groups is 2. The van der Waals surface area contributed by atoms with E-state index in [1.165, 1.54) is 0 Å². The minimum absolute atomic E-state index is 0.226. The smallest absolute Gasteiger partial charge is 0.339 e. The number of amides is 1. The molecule has 25 heavy (non-hydrogen) atoms. The molecule has 0 aliphatic heterocycles. The van der Waals surface area contributed by atoms with Crippen molar-refractivity contribution in [2.24, 2.45) is 0 Å². The molecule has 1 unspecified atom stereocenters. The molecule has 132 valence electrons. The summed E-state index contributed by atoms with van der Waals surface area (Å²) in [4.78, 5) is 24.7. The second-order valence-corrected chi connectivity index (χ2v) is 6.97. The number of carbonyl (C=O) groups excluding carboxylic acids is 2. The van der Waals surface area contributed by atoms with Crippen LogP contribution < -0.4 is 5.32 Å². The highest BCUT2D eigenvalue weighted by atomic mass is 32.2. The van der Waals surface area contributed by atoms with Crippen LogP contribution in [-0.4, -0.2) is 28.4 Å². The molecule has 2 rings (SSSR count). The third kappa shape index (κ3) is 5.00. The maximum absolute atomic E-state index is 12.2. The van der Waals surface area contributed by atoms with Crippen LogP contribution in [0.2, 0.25) is 0 Å². The fourth-order valence-electron chi connectivity index (χ4n) is 2.33. The molecule has 0 bridgehead atoms. The number of hydrogen-bond acceptors (Lipinski definition) is 4. The van der Waals surface area contributed by atoms with Gasteiger partial charge < -0.3 is 10.1 Å². The van der Waals surface area contributed by atoms with Crippen molar-refractivity contribution < 1.29 is 18.5 Å². The molecular formula is C19H21NO4S. The molecule has 2 aromatic carbocycles. The van der Waals surface area contributed by atoms with Gasteiger partial charge in [-0.3, -0.25) is 9.00 Å². The van der Waals surface area contributed by atoms with Gasteiger partial charge in [0.1, 0.15) is 0 Å². The van der Waals surface area contributed by atoms with E-state index < -0.39 is 29.3 Å². The van der Waals surface area contributed by atoms with Gasteiger partial charge in [0.2, 0.25) is 0 Å². The van der Waals surface area contributed by atoms with Gasteiger partial charge in [0, 0.05) is 11.4 Å². The summed E-state index contributed by atoms with van der Waals surface area (Å²) < 4.78 is 17.1. The predicted octanol–water partition coefficient (Wildman–Crippen LogP) is 3.17. The van der Waals surface area contributed by atoms with E-state index in [1.807, 2.05) is 25.1 Å². The molecule has 1 amide bonds. The fraction of sp³-hybridized carbons (Fsp3) is 0.263. The van der Waals surface area contributed by atoms with Gasteiger partial charge in [0.25, 0.3) is 5.91 Å². The number of para-hydroxylation sites is 1. The van der Waals surface area contributed by atoms with E-state index in [0.717, 1.165) is 12.0 Å². The molecule has 5 nitrogen and oxygen atoms in total. The van der Waals surface area contributed by atoms with Crippen molar-refractivity contribution in [1.82, 2.24) is 0 Å². The lowest BCUT2D eigenvalue weighted by Crippen LogP contribution is -2.22. The van der Waals surface area contributed by atoms with Gasteiger partial charge >= 0.3 is 5.97 Å². The van der Waals surface area contributed by atoms with Gasteiger partial charge in [-0.15, -0.1) is 0 Å². The van der Waals surface area contributed by atoms with Crippen molar-refractivity contribution in [3.63, 3.8) is 0 Å². The molecular weight excluding hydrogens is 338 g/mol. The van der Waals surface area contributed by atoms with Crippen LogP contribution in [0.15, 0.2) is 53.4 Å². The molecule has 0 saturated heterocycles. The highest BCUT2D eigenvalue weighted by Crippen LogP contribution is 2.16. The van der Waals surface area contributed by atoms with E-state index in [-0.39, 0.29) is 5.56 Å². The highest BCUT2D eigenvalue weighted by Gasteiger charge is 2.17. The third-order valence-corrected chi connectivity index (χ3v) is 4.99. The lowest BCUT2D eigenvalue weighted by molar-refractivity contribution is -0.119. The molecule has 0 spiro atoms. The Morgan fingerprint density at radius 1 is 1.04 bits per heavy atom. The molecule has 1 N–H and O–H groups in total. The first-order valence-electron chi connectivity index (χ1n) is 8.09. The summed E-state index contributed by atoms with van der Waals surface area (Å²) in [5, 5.41) is 2.74. The van der Waals surface area contributed by atoms with Crippen LogP contribution in [-0.2, 0) is 26.8 Å². The summed E-state index contributed by atoms with van der Waals surface area (Å²) in [6.45, 7) is 3.37. The quantitative estimate of drug-likeness (QED) is 0.771. The van der Waals surface area contributed by atoms with E-state index in [1.54, 1.807) is 37.3 Å². The number of nitrogens with one attached hydrogen (secondary N) is 1. The van der Waals surface area contributed by atoms with Gasteiger partial charge in [-0.25, -0.2) is 4.79 Å². The molecule has 6 heteroatoms. The number of benzene rings is 2. The Morgan fingerprint density at radius 3 is 2.44 bits per heavy atom. The summed E-state index contributed by atoms with van der Waals surface area (Å²) in [5.74, 6) is -0.668. The molecule has 0 fully saturated rings. The molecule has 0 heterocycles. The standard InChI is InChI=1S/C19H21NO4S/c1-3-14-9-5-7-11-16(14)20-18(21)13-24-19(22)15-10-6-8-12-17(15)25(23)4-2/h5-12H,3-4,13H2,1-2H3,(H,20,21). The lowest BCUT2D eigenvalue weighted by Gasteiger charge is -2.11. The summed E-state index contributed by atoms with van der Waals surface area (Å²) in [6.07, 6.45) is 0.784. The minimum atomic E-state index is -1.27. The third-order valence-electron chi connectivity index (χ3n) is 3.62. The molecule has 0 radical (unpaired) electrons. The fourth-order valence-corrected chi connectivity index (χ4v) is 3.27. The van der Waals surface area contributed by atoms with Crippen molar-refractivity contribution in [3.05, 3.63) is 59.7 Å². The maximum Gasteiger partial charge on any atom is 0.339 e. The van der Waals surface area contributed by atoms with E-state index in [0.29, 0.717) is 16.3 Å². The van der Waals surface area contributed by atoms with Crippen molar-refractivity contribution >= 4 is 28.4 Å². The Bertz CT molecular complexity index is 788. The van der Waals surface area contributed by atoms with Gasteiger partial charge in [-0.2, -0.15) is 0 Å². The van der Waals surface area contributed by atoms with Crippen LogP contribution in [0, 0.1) is 0 Å². The van der Waals surface area contributed by atoms with Crippen molar-refractivity contribution in [2.75, 3.05) is 17.7 Å². The number of anilines is 1. The van der Waals surface area contributed by atoms with Gasteiger partial charge in [-0.1, -0.05) is 44.2 Å².